The van der Waals surface area contributed by atoms with Crippen LogP contribution < -0.4 is 5.32 Å². The predicted molar refractivity (Wildman–Crippen MR) is 93.7 cm³/mol. The Kier molecular flexibility index (Phi) is 3.78. The molecule has 0 spiro atoms. The van der Waals surface area contributed by atoms with Crippen LogP contribution in [0.1, 0.15) is 16.8 Å². The first-order valence-electron chi connectivity index (χ1n) is 7.52. The minimum atomic E-state index is 0.850. The van der Waals surface area contributed by atoms with E-state index in [0.29, 0.717) is 0 Å². The van der Waals surface area contributed by atoms with Crippen LogP contribution in [-0.4, -0.2) is 11.1 Å². The first kappa shape index (κ1) is 14.1. The van der Waals surface area contributed by atoms with Gasteiger partial charge in [0.25, 0.3) is 0 Å². The molecule has 0 saturated heterocycles. The number of halogens is 1. The third-order valence-electron chi connectivity index (χ3n) is 4.18. The van der Waals surface area contributed by atoms with E-state index in [4.69, 9.17) is 11.6 Å². The van der Waals surface area contributed by atoms with Gasteiger partial charge in [-0.05, 0) is 23.3 Å². The molecule has 3 heterocycles. The topological polar surface area (TPSA) is 17.0 Å². The third-order valence-corrected chi connectivity index (χ3v) is 5.44. The van der Waals surface area contributed by atoms with Gasteiger partial charge < -0.3 is 9.88 Å². The summed E-state index contributed by atoms with van der Waals surface area (Å²) in [6, 6.07) is 14.8. The van der Waals surface area contributed by atoms with Crippen molar-refractivity contribution in [3.05, 3.63) is 69.8 Å². The summed E-state index contributed by atoms with van der Waals surface area (Å²) in [5, 5.41) is 3.49. The zero-order chi connectivity index (χ0) is 14.9. The Labute approximate surface area is 139 Å². The molecule has 2 aromatic heterocycles. The van der Waals surface area contributed by atoms with Crippen LogP contribution in [0.15, 0.2) is 48.7 Å². The van der Waals surface area contributed by atoms with Crippen molar-refractivity contribution < 1.29 is 0 Å². The molecule has 4 heteroatoms. The van der Waals surface area contributed by atoms with Gasteiger partial charge in [0.15, 0.2) is 0 Å². The molecule has 112 valence electrons. The van der Waals surface area contributed by atoms with Crippen LogP contribution in [0, 0.1) is 0 Å². The molecule has 0 unspecified atom stereocenters. The van der Waals surface area contributed by atoms with Crippen LogP contribution >= 0.6 is 22.9 Å². The number of hydrogen-bond donors (Lipinski definition) is 1. The Bertz CT molecular complexity index is 789. The van der Waals surface area contributed by atoms with Gasteiger partial charge in [-0.25, -0.2) is 0 Å². The molecule has 0 amide bonds. The summed E-state index contributed by atoms with van der Waals surface area (Å²) < 4.78 is 3.26. The molecule has 4 rings (SSSR count). The fourth-order valence-corrected chi connectivity index (χ4v) is 4.23. The molecule has 0 fully saturated rings. The Morgan fingerprint density at radius 1 is 1.14 bits per heavy atom. The quantitative estimate of drug-likeness (QED) is 0.745. The fraction of sp³-hybridized carbons (Fsp3) is 0.222. The largest absolute Gasteiger partial charge is 0.346 e. The fourth-order valence-electron chi connectivity index (χ4n) is 3.14. The van der Waals surface area contributed by atoms with Gasteiger partial charge >= 0.3 is 0 Å². The lowest BCUT2D eigenvalue weighted by molar-refractivity contribution is 0.607. The number of fused-ring (bicyclic) bond motifs is 1. The minimum Gasteiger partial charge on any atom is -0.346 e. The van der Waals surface area contributed by atoms with Crippen LogP contribution in [0.25, 0.3) is 10.4 Å². The molecule has 0 radical (unpaired) electrons. The zero-order valence-corrected chi connectivity index (χ0v) is 13.8. The summed E-state index contributed by atoms with van der Waals surface area (Å²) >= 11 is 7.78. The molecule has 1 aromatic carbocycles. The lowest BCUT2D eigenvalue weighted by Gasteiger charge is -2.17. The molecule has 1 aliphatic heterocycles. The maximum Gasteiger partial charge on any atom is 0.0934 e. The number of benzene rings is 1. The summed E-state index contributed by atoms with van der Waals surface area (Å²) in [5.74, 6) is 0. The van der Waals surface area contributed by atoms with Crippen molar-refractivity contribution in [1.82, 2.24) is 9.88 Å². The minimum absolute atomic E-state index is 0.850. The third kappa shape index (κ3) is 2.60. The monoisotopic (exact) mass is 328 g/mol. The zero-order valence-electron chi connectivity index (χ0n) is 12.2. The number of aromatic nitrogens is 1. The summed E-state index contributed by atoms with van der Waals surface area (Å²) in [5.41, 5.74) is 5.56. The van der Waals surface area contributed by atoms with E-state index in [1.54, 1.807) is 11.3 Å². The highest BCUT2D eigenvalue weighted by atomic mass is 35.5. The Morgan fingerprint density at radius 3 is 2.77 bits per heavy atom. The van der Waals surface area contributed by atoms with E-state index in [0.717, 1.165) is 30.4 Å². The molecule has 0 atom stereocenters. The van der Waals surface area contributed by atoms with Crippen LogP contribution in [0.2, 0.25) is 4.34 Å². The molecule has 1 N–H and O–H groups in total. The number of thiophene rings is 1. The molecule has 0 aliphatic carbocycles. The van der Waals surface area contributed by atoms with Crippen molar-refractivity contribution in [3.8, 4) is 10.4 Å². The predicted octanol–water partition coefficient (Wildman–Crippen LogP) is 4.56. The van der Waals surface area contributed by atoms with Crippen molar-refractivity contribution in [2.24, 2.45) is 0 Å². The summed E-state index contributed by atoms with van der Waals surface area (Å²) in [6.07, 6.45) is 3.38. The molecular weight excluding hydrogens is 312 g/mol. The normalized spacial score (nSPS) is 14.0. The lowest BCUT2D eigenvalue weighted by atomic mass is 10.0. The van der Waals surface area contributed by atoms with Gasteiger partial charge in [0.05, 0.1) is 4.34 Å². The molecule has 2 nitrogen and oxygen atoms in total. The highest BCUT2D eigenvalue weighted by molar-refractivity contribution is 7.19. The van der Waals surface area contributed by atoms with E-state index in [1.807, 2.05) is 6.07 Å². The van der Waals surface area contributed by atoms with Crippen LogP contribution in [0.3, 0.4) is 0 Å². The highest BCUT2D eigenvalue weighted by Gasteiger charge is 2.20. The van der Waals surface area contributed by atoms with Crippen molar-refractivity contribution in [2.45, 2.75) is 19.5 Å². The Hall–Kier alpha value is -1.55. The van der Waals surface area contributed by atoms with E-state index in [-0.39, 0.29) is 0 Å². The van der Waals surface area contributed by atoms with Gasteiger partial charge in [-0.1, -0.05) is 41.9 Å². The average Bonchev–Trinajstić information content (AvgIpc) is 3.13. The summed E-state index contributed by atoms with van der Waals surface area (Å²) in [4.78, 5) is 1.26. The van der Waals surface area contributed by atoms with Crippen molar-refractivity contribution in [1.29, 1.82) is 0 Å². The second-order valence-corrected chi connectivity index (χ2v) is 7.33. The number of hydrogen-bond acceptors (Lipinski definition) is 2. The number of nitrogens with one attached hydrogen (secondary N) is 1. The van der Waals surface area contributed by atoms with E-state index >= 15 is 0 Å². The van der Waals surface area contributed by atoms with Crippen molar-refractivity contribution in [2.75, 3.05) is 6.54 Å². The van der Waals surface area contributed by atoms with Gasteiger partial charge in [0.1, 0.15) is 0 Å². The molecule has 22 heavy (non-hydrogen) atoms. The average molecular weight is 329 g/mol. The van der Waals surface area contributed by atoms with Gasteiger partial charge in [-0.2, -0.15) is 0 Å². The smallest absolute Gasteiger partial charge is 0.0934 e. The van der Waals surface area contributed by atoms with Gasteiger partial charge in [-0.15, -0.1) is 11.3 Å². The lowest BCUT2D eigenvalue weighted by Crippen LogP contribution is -2.25. The Balaban J connectivity index is 1.77. The second kappa shape index (κ2) is 5.92. The van der Waals surface area contributed by atoms with Crippen molar-refractivity contribution >= 4 is 22.9 Å². The number of rotatable bonds is 3. The molecule has 3 aromatic rings. The summed E-state index contributed by atoms with van der Waals surface area (Å²) in [6.45, 7) is 2.93. The van der Waals surface area contributed by atoms with Crippen molar-refractivity contribution in [3.63, 3.8) is 0 Å². The van der Waals surface area contributed by atoms with Gasteiger partial charge in [-0.3, -0.25) is 0 Å². The van der Waals surface area contributed by atoms with Gasteiger partial charge in [0, 0.05) is 48.4 Å². The maximum atomic E-state index is 6.13. The summed E-state index contributed by atoms with van der Waals surface area (Å²) in [7, 11) is 0. The Morgan fingerprint density at radius 2 is 2.00 bits per heavy atom. The van der Waals surface area contributed by atoms with Gasteiger partial charge in [0.2, 0.25) is 0 Å². The SMILES string of the molecule is Clc1ccc(-c2cn(Cc3ccccc3)c3c2CNCC3)s1. The van der Waals surface area contributed by atoms with Crippen LogP contribution in [0.5, 0.6) is 0 Å². The van der Waals surface area contributed by atoms with Crippen LogP contribution in [-0.2, 0) is 19.5 Å². The maximum absolute atomic E-state index is 6.13. The molecular formula is C18H17ClN2S. The van der Waals surface area contributed by atoms with Crippen LogP contribution in [0.4, 0.5) is 0 Å². The molecule has 0 bridgehead atoms. The van der Waals surface area contributed by atoms with E-state index < -0.39 is 0 Å². The van der Waals surface area contributed by atoms with E-state index in [2.05, 4.69) is 52.5 Å². The first-order chi connectivity index (χ1) is 10.8. The molecule has 0 saturated carbocycles. The second-order valence-electron chi connectivity index (χ2n) is 5.61. The van der Waals surface area contributed by atoms with E-state index in [1.165, 1.54) is 27.3 Å². The van der Waals surface area contributed by atoms with E-state index in [9.17, 15) is 0 Å². The number of nitrogens with zero attached hydrogens (tertiary/aromatic N) is 1. The highest BCUT2D eigenvalue weighted by Crippen LogP contribution is 2.36. The first-order valence-corrected chi connectivity index (χ1v) is 8.72. The standard InChI is InChI=1S/C18H17ClN2S/c19-18-7-6-17(22-18)15-12-21(11-13-4-2-1-3-5-13)16-8-9-20-10-14(15)16/h1-7,12,20H,8-11H2. The molecule has 1 aliphatic rings.